The summed E-state index contributed by atoms with van der Waals surface area (Å²) in [7, 11) is -1.47. The van der Waals surface area contributed by atoms with Gasteiger partial charge in [-0.1, -0.05) is 6.07 Å². The average Bonchev–Trinajstić information content (AvgIpc) is 2.43. The molecule has 0 heterocycles. The van der Waals surface area contributed by atoms with Crippen molar-refractivity contribution >= 4 is 9.84 Å². The minimum Gasteiger partial charge on any atom is -0.330 e. The van der Waals surface area contributed by atoms with Crippen molar-refractivity contribution in [2.24, 2.45) is 5.73 Å². The number of sulfone groups is 1. The summed E-state index contributed by atoms with van der Waals surface area (Å²) in [6.45, 7) is 1.84. The second-order valence-electron chi connectivity index (χ2n) is 4.40. The molecule has 1 rings (SSSR count). The van der Waals surface area contributed by atoms with Crippen LogP contribution < -0.4 is 5.73 Å². The van der Waals surface area contributed by atoms with Gasteiger partial charge in [-0.15, -0.1) is 0 Å². The van der Waals surface area contributed by atoms with Crippen LogP contribution in [0.5, 0.6) is 0 Å². The van der Waals surface area contributed by atoms with Crippen molar-refractivity contribution in [2.75, 3.05) is 32.4 Å². The third kappa shape index (κ3) is 4.99. The fourth-order valence-electron chi connectivity index (χ4n) is 1.63. The highest BCUT2D eigenvalue weighted by Crippen LogP contribution is 2.13. The highest BCUT2D eigenvalue weighted by molar-refractivity contribution is 7.91. The fourth-order valence-corrected chi connectivity index (χ4v) is 3.01. The Bertz CT molecular complexity index is 549. The van der Waals surface area contributed by atoms with Crippen molar-refractivity contribution in [3.05, 3.63) is 29.8 Å². The summed E-state index contributed by atoms with van der Waals surface area (Å²) in [6.07, 6.45) is 0.848. The van der Waals surface area contributed by atoms with E-state index in [4.69, 9.17) is 11.0 Å². The van der Waals surface area contributed by atoms with Crippen LogP contribution in [-0.4, -0.2) is 45.8 Å². The highest BCUT2D eigenvalue weighted by atomic mass is 32.2. The lowest BCUT2D eigenvalue weighted by molar-refractivity contribution is 0.350. The van der Waals surface area contributed by atoms with Gasteiger partial charge in [0.25, 0.3) is 0 Å². The molecule has 0 atom stereocenters. The monoisotopic (exact) mass is 281 g/mol. The van der Waals surface area contributed by atoms with E-state index in [0.717, 1.165) is 13.0 Å². The summed E-state index contributed by atoms with van der Waals surface area (Å²) >= 11 is 0. The van der Waals surface area contributed by atoms with Gasteiger partial charge in [-0.3, -0.25) is 0 Å². The van der Waals surface area contributed by atoms with Crippen molar-refractivity contribution in [1.82, 2.24) is 4.90 Å². The summed E-state index contributed by atoms with van der Waals surface area (Å²) in [5.41, 5.74) is 5.77. The van der Waals surface area contributed by atoms with Crippen LogP contribution in [0, 0.1) is 11.3 Å². The van der Waals surface area contributed by atoms with Crippen LogP contribution in [0.3, 0.4) is 0 Å². The molecule has 0 aliphatic heterocycles. The van der Waals surface area contributed by atoms with Crippen LogP contribution in [0.2, 0.25) is 0 Å². The molecule has 0 spiro atoms. The lowest BCUT2D eigenvalue weighted by Crippen LogP contribution is -2.27. The molecule has 0 bridgehead atoms. The van der Waals surface area contributed by atoms with Crippen molar-refractivity contribution in [3.63, 3.8) is 0 Å². The molecule has 5 nitrogen and oxygen atoms in total. The first kappa shape index (κ1) is 15.6. The van der Waals surface area contributed by atoms with Crippen LogP contribution in [0.15, 0.2) is 29.2 Å². The molecule has 0 aliphatic rings. The van der Waals surface area contributed by atoms with Gasteiger partial charge in [0.15, 0.2) is 9.84 Å². The molecule has 2 N–H and O–H groups in total. The van der Waals surface area contributed by atoms with Gasteiger partial charge >= 0.3 is 0 Å². The molecule has 6 heteroatoms. The van der Waals surface area contributed by atoms with Gasteiger partial charge in [-0.25, -0.2) is 8.42 Å². The zero-order chi connectivity index (χ0) is 14.3. The van der Waals surface area contributed by atoms with E-state index in [9.17, 15) is 8.42 Å². The molecule has 0 saturated heterocycles. The Morgan fingerprint density at radius 2 is 2.11 bits per heavy atom. The third-order valence-electron chi connectivity index (χ3n) is 2.81. The van der Waals surface area contributed by atoms with E-state index < -0.39 is 9.84 Å². The molecule has 1 aromatic rings. The summed E-state index contributed by atoms with van der Waals surface area (Å²) in [5, 5.41) is 8.78. The SMILES string of the molecule is CN(CCCN)CCS(=O)(=O)c1cccc(C#N)c1. The summed E-state index contributed by atoms with van der Waals surface area (Å²) < 4.78 is 24.2. The topological polar surface area (TPSA) is 87.2 Å². The predicted octanol–water partition coefficient (Wildman–Crippen LogP) is 0.613. The molecule has 0 amide bonds. The average molecular weight is 281 g/mol. The Morgan fingerprint density at radius 1 is 1.37 bits per heavy atom. The second kappa shape index (κ2) is 7.24. The zero-order valence-corrected chi connectivity index (χ0v) is 11.9. The van der Waals surface area contributed by atoms with Gasteiger partial charge < -0.3 is 10.6 Å². The maximum atomic E-state index is 12.1. The molecule has 0 radical (unpaired) electrons. The van der Waals surface area contributed by atoms with Gasteiger partial charge in [0.2, 0.25) is 0 Å². The van der Waals surface area contributed by atoms with Crippen LogP contribution in [0.1, 0.15) is 12.0 Å². The third-order valence-corrected chi connectivity index (χ3v) is 4.50. The minimum atomic E-state index is -3.34. The van der Waals surface area contributed by atoms with Crippen LogP contribution in [0.25, 0.3) is 0 Å². The van der Waals surface area contributed by atoms with Gasteiger partial charge in [-0.05, 0) is 44.8 Å². The van der Waals surface area contributed by atoms with E-state index >= 15 is 0 Å². The summed E-state index contributed by atoms with van der Waals surface area (Å²) in [6, 6.07) is 8.06. The molecule has 0 aliphatic carbocycles. The lowest BCUT2D eigenvalue weighted by atomic mass is 10.2. The standard InChI is InChI=1S/C13H19N3O2S/c1-16(7-3-6-14)8-9-19(17,18)13-5-2-4-12(10-13)11-15/h2,4-5,10H,3,6-9,14H2,1H3. The summed E-state index contributed by atoms with van der Waals surface area (Å²) in [5.74, 6) is 0.0446. The van der Waals surface area contributed by atoms with Crippen molar-refractivity contribution in [2.45, 2.75) is 11.3 Å². The van der Waals surface area contributed by atoms with Gasteiger partial charge in [-0.2, -0.15) is 5.26 Å². The maximum Gasteiger partial charge on any atom is 0.179 e. The molecule has 0 unspecified atom stereocenters. The highest BCUT2D eigenvalue weighted by Gasteiger charge is 2.15. The second-order valence-corrected chi connectivity index (χ2v) is 6.51. The number of rotatable bonds is 7. The van der Waals surface area contributed by atoms with E-state index in [-0.39, 0.29) is 10.6 Å². The summed E-state index contributed by atoms with van der Waals surface area (Å²) in [4.78, 5) is 2.15. The first-order chi connectivity index (χ1) is 8.99. The smallest absolute Gasteiger partial charge is 0.179 e. The molecular weight excluding hydrogens is 262 g/mol. The van der Waals surface area contributed by atoms with Crippen LogP contribution in [-0.2, 0) is 9.84 Å². The molecular formula is C13H19N3O2S. The predicted molar refractivity (Wildman–Crippen MR) is 74.4 cm³/mol. The Hall–Kier alpha value is -1.42. The van der Waals surface area contributed by atoms with Crippen molar-refractivity contribution in [3.8, 4) is 6.07 Å². The van der Waals surface area contributed by atoms with Gasteiger partial charge in [0, 0.05) is 6.54 Å². The molecule has 104 valence electrons. The first-order valence-electron chi connectivity index (χ1n) is 6.11. The van der Waals surface area contributed by atoms with Crippen LogP contribution in [0.4, 0.5) is 0 Å². The molecule has 0 fully saturated rings. The Balaban J connectivity index is 2.68. The first-order valence-corrected chi connectivity index (χ1v) is 7.76. The van der Waals surface area contributed by atoms with E-state index in [0.29, 0.717) is 18.7 Å². The van der Waals surface area contributed by atoms with Crippen molar-refractivity contribution < 1.29 is 8.42 Å². The van der Waals surface area contributed by atoms with E-state index in [1.54, 1.807) is 12.1 Å². The van der Waals surface area contributed by atoms with Crippen LogP contribution >= 0.6 is 0 Å². The number of hydrogen-bond donors (Lipinski definition) is 1. The van der Waals surface area contributed by atoms with E-state index in [1.807, 2.05) is 18.0 Å². The minimum absolute atomic E-state index is 0.0446. The Kier molecular flexibility index (Phi) is 5.96. The quantitative estimate of drug-likeness (QED) is 0.791. The lowest BCUT2D eigenvalue weighted by Gasteiger charge is -2.15. The number of hydrogen-bond acceptors (Lipinski definition) is 5. The normalized spacial score (nSPS) is 11.5. The van der Waals surface area contributed by atoms with Crippen molar-refractivity contribution in [1.29, 1.82) is 5.26 Å². The molecule has 0 saturated carbocycles. The number of nitrogens with zero attached hydrogens (tertiary/aromatic N) is 2. The molecule has 1 aromatic carbocycles. The number of benzene rings is 1. The number of nitriles is 1. The Labute approximate surface area is 114 Å². The molecule has 19 heavy (non-hydrogen) atoms. The maximum absolute atomic E-state index is 12.1. The number of nitrogens with two attached hydrogens (primary N) is 1. The fraction of sp³-hybridized carbons (Fsp3) is 0.462. The Morgan fingerprint density at radius 3 is 2.74 bits per heavy atom. The molecule has 0 aromatic heterocycles. The van der Waals surface area contributed by atoms with E-state index in [2.05, 4.69) is 0 Å². The largest absolute Gasteiger partial charge is 0.330 e. The van der Waals surface area contributed by atoms with Gasteiger partial charge in [0.1, 0.15) is 0 Å². The van der Waals surface area contributed by atoms with Gasteiger partial charge in [0.05, 0.1) is 22.3 Å². The zero-order valence-electron chi connectivity index (χ0n) is 11.0. The van der Waals surface area contributed by atoms with E-state index in [1.165, 1.54) is 12.1 Å².